The molecule has 0 spiro atoms. The molecule has 0 aliphatic carbocycles. The second kappa shape index (κ2) is 5.63. The molecule has 1 heterocycles. The number of benzene rings is 1. The third kappa shape index (κ3) is 3.57. The number of hydrogen-bond acceptors (Lipinski definition) is 3. The molecule has 2 unspecified atom stereocenters. The highest BCUT2D eigenvalue weighted by molar-refractivity contribution is 7.91. The van der Waals surface area contributed by atoms with Gasteiger partial charge in [0.2, 0.25) is 0 Å². The first-order valence-corrected chi connectivity index (χ1v) is 8.75. The minimum absolute atomic E-state index is 0.154. The fourth-order valence-corrected chi connectivity index (χ4v) is 4.89. The summed E-state index contributed by atoms with van der Waals surface area (Å²) in [7, 11) is -2.83. The Kier molecular flexibility index (Phi) is 4.31. The average Bonchev–Trinajstić information content (AvgIpc) is 2.65. The van der Waals surface area contributed by atoms with Crippen LogP contribution in [0, 0.1) is 19.8 Å². The highest BCUT2D eigenvalue weighted by Gasteiger charge is 2.34. The minimum atomic E-state index is -2.83. The lowest BCUT2D eigenvalue weighted by Crippen LogP contribution is -2.29. The second-order valence-corrected chi connectivity index (χ2v) is 7.85. The number of sulfone groups is 1. The molecule has 0 bridgehead atoms. The van der Waals surface area contributed by atoms with Gasteiger partial charge in [-0.3, -0.25) is 0 Å². The standard InChI is InChI=1S/C15H23NO2S/c1-4-16-15(13-5-6-19(17,18)10-13)14-8-11(2)7-12(3)9-14/h7-9,13,15-16H,4-6,10H2,1-3H3. The van der Waals surface area contributed by atoms with Crippen LogP contribution in [0.5, 0.6) is 0 Å². The molecule has 1 aromatic rings. The molecule has 19 heavy (non-hydrogen) atoms. The number of nitrogens with one attached hydrogen (secondary N) is 1. The van der Waals surface area contributed by atoms with Crippen LogP contribution in [0.4, 0.5) is 0 Å². The van der Waals surface area contributed by atoms with E-state index in [1.165, 1.54) is 16.7 Å². The maximum absolute atomic E-state index is 11.7. The molecule has 1 aromatic carbocycles. The summed E-state index contributed by atoms with van der Waals surface area (Å²) in [6.07, 6.45) is 0.771. The Morgan fingerprint density at radius 2 is 1.89 bits per heavy atom. The van der Waals surface area contributed by atoms with Gasteiger partial charge in [0.05, 0.1) is 11.5 Å². The third-order valence-corrected chi connectivity index (χ3v) is 5.56. The molecule has 1 aliphatic rings. The molecule has 1 fully saturated rings. The van der Waals surface area contributed by atoms with Crippen LogP contribution in [0.2, 0.25) is 0 Å². The molecule has 3 nitrogen and oxygen atoms in total. The molecule has 106 valence electrons. The smallest absolute Gasteiger partial charge is 0.150 e. The maximum Gasteiger partial charge on any atom is 0.150 e. The maximum atomic E-state index is 11.7. The quantitative estimate of drug-likeness (QED) is 0.921. The monoisotopic (exact) mass is 281 g/mol. The van der Waals surface area contributed by atoms with Gasteiger partial charge in [-0.05, 0) is 38.3 Å². The third-order valence-electron chi connectivity index (χ3n) is 3.77. The Morgan fingerprint density at radius 3 is 2.37 bits per heavy atom. The second-order valence-electron chi connectivity index (χ2n) is 5.62. The van der Waals surface area contributed by atoms with E-state index in [1.807, 2.05) is 0 Å². The highest BCUT2D eigenvalue weighted by Crippen LogP contribution is 2.32. The fraction of sp³-hybridized carbons (Fsp3) is 0.600. The van der Waals surface area contributed by atoms with Crippen LogP contribution in [0.15, 0.2) is 18.2 Å². The van der Waals surface area contributed by atoms with Crippen molar-refractivity contribution in [1.82, 2.24) is 5.32 Å². The summed E-state index contributed by atoms with van der Waals surface area (Å²) in [5.74, 6) is 0.855. The number of aryl methyl sites for hydroxylation is 2. The molecule has 0 amide bonds. The number of rotatable bonds is 4. The molecular weight excluding hydrogens is 258 g/mol. The summed E-state index contributed by atoms with van der Waals surface area (Å²) in [6, 6.07) is 6.65. The fourth-order valence-electron chi connectivity index (χ4n) is 3.05. The van der Waals surface area contributed by atoms with E-state index in [2.05, 4.69) is 44.3 Å². The van der Waals surface area contributed by atoms with Crippen molar-refractivity contribution in [3.63, 3.8) is 0 Å². The van der Waals surface area contributed by atoms with Crippen LogP contribution in [-0.4, -0.2) is 26.5 Å². The Morgan fingerprint density at radius 1 is 1.26 bits per heavy atom. The van der Waals surface area contributed by atoms with Crippen molar-refractivity contribution < 1.29 is 8.42 Å². The Bertz CT molecular complexity index is 531. The first kappa shape index (κ1) is 14.5. The van der Waals surface area contributed by atoms with Crippen LogP contribution in [0.25, 0.3) is 0 Å². The van der Waals surface area contributed by atoms with Gasteiger partial charge in [0.1, 0.15) is 0 Å². The van der Waals surface area contributed by atoms with Gasteiger partial charge in [0, 0.05) is 6.04 Å². The zero-order chi connectivity index (χ0) is 14.0. The van der Waals surface area contributed by atoms with E-state index in [4.69, 9.17) is 0 Å². The molecule has 2 rings (SSSR count). The van der Waals surface area contributed by atoms with Crippen molar-refractivity contribution in [3.8, 4) is 0 Å². The van der Waals surface area contributed by atoms with Crippen LogP contribution >= 0.6 is 0 Å². The van der Waals surface area contributed by atoms with E-state index in [0.29, 0.717) is 11.5 Å². The Hall–Kier alpha value is -0.870. The summed E-state index contributed by atoms with van der Waals surface area (Å²) >= 11 is 0. The van der Waals surface area contributed by atoms with Gasteiger partial charge in [-0.1, -0.05) is 36.2 Å². The van der Waals surface area contributed by atoms with Crippen LogP contribution in [0.1, 0.15) is 36.1 Å². The molecule has 0 radical (unpaired) electrons. The van der Waals surface area contributed by atoms with Gasteiger partial charge in [-0.25, -0.2) is 8.42 Å². The molecular formula is C15H23NO2S. The van der Waals surface area contributed by atoms with Crippen molar-refractivity contribution in [1.29, 1.82) is 0 Å². The summed E-state index contributed by atoms with van der Waals surface area (Å²) in [5, 5.41) is 3.47. The predicted octanol–water partition coefficient (Wildman–Crippen LogP) is 2.39. The van der Waals surface area contributed by atoms with E-state index in [0.717, 1.165) is 13.0 Å². The van der Waals surface area contributed by atoms with Gasteiger partial charge < -0.3 is 5.32 Å². The summed E-state index contributed by atoms with van der Waals surface area (Å²) in [6.45, 7) is 7.10. The average molecular weight is 281 g/mol. The van der Waals surface area contributed by atoms with Crippen LogP contribution in [-0.2, 0) is 9.84 Å². The van der Waals surface area contributed by atoms with E-state index in [1.54, 1.807) is 0 Å². The summed E-state index contributed by atoms with van der Waals surface area (Å²) < 4.78 is 23.4. The van der Waals surface area contributed by atoms with E-state index < -0.39 is 9.84 Å². The molecule has 4 heteroatoms. The zero-order valence-electron chi connectivity index (χ0n) is 11.9. The van der Waals surface area contributed by atoms with Crippen LogP contribution < -0.4 is 5.32 Å². The van der Waals surface area contributed by atoms with Crippen molar-refractivity contribution in [2.75, 3.05) is 18.1 Å². The first-order chi connectivity index (χ1) is 8.91. The summed E-state index contributed by atoms with van der Waals surface area (Å²) in [4.78, 5) is 0. The van der Waals surface area contributed by atoms with Crippen molar-refractivity contribution >= 4 is 9.84 Å². The van der Waals surface area contributed by atoms with E-state index in [9.17, 15) is 8.42 Å². The molecule has 2 atom stereocenters. The van der Waals surface area contributed by atoms with Crippen molar-refractivity contribution in [2.24, 2.45) is 5.92 Å². The van der Waals surface area contributed by atoms with Gasteiger partial charge in [0.25, 0.3) is 0 Å². The van der Waals surface area contributed by atoms with E-state index in [-0.39, 0.29) is 12.0 Å². The Labute approximate surface area is 116 Å². The van der Waals surface area contributed by atoms with Crippen molar-refractivity contribution in [3.05, 3.63) is 34.9 Å². The predicted molar refractivity (Wildman–Crippen MR) is 79.1 cm³/mol. The molecule has 1 saturated heterocycles. The van der Waals surface area contributed by atoms with Gasteiger partial charge in [0.15, 0.2) is 9.84 Å². The lowest BCUT2D eigenvalue weighted by molar-refractivity contribution is 0.400. The Balaban J connectivity index is 2.29. The molecule has 1 N–H and O–H groups in total. The molecule has 0 saturated carbocycles. The number of hydrogen-bond donors (Lipinski definition) is 1. The van der Waals surface area contributed by atoms with Gasteiger partial charge in [-0.15, -0.1) is 0 Å². The highest BCUT2D eigenvalue weighted by atomic mass is 32.2. The van der Waals surface area contributed by atoms with E-state index >= 15 is 0 Å². The first-order valence-electron chi connectivity index (χ1n) is 6.93. The zero-order valence-corrected chi connectivity index (χ0v) is 12.8. The summed E-state index contributed by atoms with van der Waals surface area (Å²) in [5.41, 5.74) is 3.69. The molecule has 0 aromatic heterocycles. The minimum Gasteiger partial charge on any atom is -0.310 e. The van der Waals surface area contributed by atoms with Crippen LogP contribution in [0.3, 0.4) is 0 Å². The molecule has 1 aliphatic heterocycles. The SMILES string of the molecule is CCNC(c1cc(C)cc(C)c1)C1CCS(=O)(=O)C1. The normalized spacial score (nSPS) is 23.4. The van der Waals surface area contributed by atoms with Crippen molar-refractivity contribution in [2.45, 2.75) is 33.2 Å². The van der Waals surface area contributed by atoms with Gasteiger partial charge >= 0.3 is 0 Å². The largest absolute Gasteiger partial charge is 0.310 e. The topological polar surface area (TPSA) is 46.2 Å². The van der Waals surface area contributed by atoms with Gasteiger partial charge in [-0.2, -0.15) is 0 Å². The lowest BCUT2D eigenvalue weighted by atomic mass is 9.90. The lowest BCUT2D eigenvalue weighted by Gasteiger charge is -2.24.